The van der Waals surface area contributed by atoms with Crippen molar-refractivity contribution >= 4 is 29.1 Å². The van der Waals surface area contributed by atoms with Crippen LogP contribution in [-0.4, -0.2) is 41.0 Å². The molecule has 1 aromatic heterocycles. The minimum atomic E-state index is -2.89. The number of hydrogen-bond donors (Lipinski definition) is 1. The van der Waals surface area contributed by atoms with Crippen LogP contribution in [0.5, 0.6) is 0 Å². The van der Waals surface area contributed by atoms with Crippen LogP contribution in [0.3, 0.4) is 0 Å². The fraction of sp³-hybridized carbons (Fsp3) is 0.333. The molecule has 0 fully saturated rings. The van der Waals surface area contributed by atoms with Gasteiger partial charge >= 0.3 is 0 Å². The normalized spacial score (nSPS) is 17.5. The van der Waals surface area contributed by atoms with Gasteiger partial charge in [-0.3, -0.25) is 9.69 Å². The van der Waals surface area contributed by atoms with E-state index in [0.717, 1.165) is 23.9 Å². The second kappa shape index (κ2) is 8.52. The number of fused-ring (bicyclic) bond motifs is 3. The molecule has 0 aliphatic carbocycles. The monoisotopic (exact) mass is 477 g/mol. The molecule has 1 N–H and O–H groups in total. The summed E-state index contributed by atoms with van der Waals surface area (Å²) in [6.07, 6.45) is 1.96. The maximum absolute atomic E-state index is 13.7. The molecule has 2 aliphatic rings. The van der Waals surface area contributed by atoms with Gasteiger partial charge in [0.05, 0.1) is 11.7 Å². The van der Waals surface area contributed by atoms with E-state index in [1.165, 1.54) is 12.1 Å². The number of amides is 1. The van der Waals surface area contributed by atoms with Gasteiger partial charge in [-0.25, -0.2) is 13.8 Å². The largest absolute Gasteiger partial charge is 0.341 e. The van der Waals surface area contributed by atoms with E-state index in [0.29, 0.717) is 36.3 Å². The Morgan fingerprint density at radius 3 is 2.43 bits per heavy atom. The summed E-state index contributed by atoms with van der Waals surface area (Å²) in [6, 6.07) is 16.1. The lowest BCUT2D eigenvalue weighted by Gasteiger charge is -2.32. The number of aliphatic imine (C=N–C) groups is 1. The molecule has 0 saturated carbocycles. The first-order valence-corrected chi connectivity index (χ1v) is 11.8. The van der Waals surface area contributed by atoms with Crippen molar-refractivity contribution in [1.29, 1.82) is 0 Å². The quantitative estimate of drug-likeness (QED) is 0.497. The molecule has 2 aromatic carbocycles. The van der Waals surface area contributed by atoms with E-state index in [2.05, 4.69) is 24.1 Å². The zero-order valence-corrected chi connectivity index (χ0v) is 20.3. The summed E-state index contributed by atoms with van der Waals surface area (Å²) in [4.78, 5) is 22.1. The van der Waals surface area contributed by atoms with Crippen molar-refractivity contribution in [2.75, 3.05) is 23.8 Å². The maximum Gasteiger partial charge on any atom is 0.270 e. The highest BCUT2D eigenvalue weighted by Crippen LogP contribution is 2.40. The Labute approximate surface area is 203 Å². The predicted molar refractivity (Wildman–Crippen MR) is 135 cm³/mol. The molecule has 6 nitrogen and oxygen atoms in total. The lowest BCUT2D eigenvalue weighted by atomic mass is 10.1. The van der Waals surface area contributed by atoms with Crippen LogP contribution in [0, 0.1) is 5.92 Å². The first-order valence-electron chi connectivity index (χ1n) is 11.8. The van der Waals surface area contributed by atoms with E-state index >= 15 is 0 Å². The molecule has 5 rings (SSSR count). The number of carbonyl (C=O) groups is 1. The van der Waals surface area contributed by atoms with Gasteiger partial charge in [0, 0.05) is 44.5 Å². The molecule has 3 heterocycles. The molecule has 1 amide bonds. The highest BCUT2D eigenvalue weighted by atomic mass is 19.3. The first-order chi connectivity index (χ1) is 16.6. The van der Waals surface area contributed by atoms with Gasteiger partial charge in [-0.05, 0) is 23.6 Å². The number of guanidine groups is 1. The standard InChI is InChI=1S/C27H29F2N5O/c1-17(2)21-15-34-22-16-33(14-18-10-12-19(13-11-18)27(3,28)29)24(30-20-8-6-5-7-9-20)23(22)25(35)32(4)26(34)31-21/h5-13,16-17,21,30H,14-15H2,1-4H3/t21-/m0/s1. The fourth-order valence-electron chi connectivity index (χ4n) is 4.59. The third-order valence-electron chi connectivity index (χ3n) is 6.68. The highest BCUT2D eigenvalue weighted by molar-refractivity contribution is 6.21. The number of rotatable bonds is 6. The van der Waals surface area contributed by atoms with Crippen molar-refractivity contribution in [2.24, 2.45) is 10.9 Å². The van der Waals surface area contributed by atoms with Gasteiger partial charge < -0.3 is 14.8 Å². The zero-order chi connectivity index (χ0) is 24.9. The van der Waals surface area contributed by atoms with Crippen molar-refractivity contribution < 1.29 is 13.6 Å². The molecule has 3 aromatic rings. The average molecular weight is 478 g/mol. The summed E-state index contributed by atoms with van der Waals surface area (Å²) < 4.78 is 29.4. The molecule has 2 aliphatic heterocycles. The van der Waals surface area contributed by atoms with Gasteiger partial charge in [-0.15, -0.1) is 0 Å². The molecule has 0 radical (unpaired) electrons. The Kier molecular flexibility index (Phi) is 5.62. The molecule has 0 bridgehead atoms. The van der Waals surface area contributed by atoms with Crippen molar-refractivity contribution in [1.82, 2.24) is 9.47 Å². The van der Waals surface area contributed by atoms with Crippen molar-refractivity contribution in [3.8, 4) is 0 Å². The molecule has 0 saturated heterocycles. The number of alkyl halides is 2. The van der Waals surface area contributed by atoms with Crippen LogP contribution in [0.15, 0.2) is 65.8 Å². The van der Waals surface area contributed by atoms with Crippen molar-refractivity contribution in [3.05, 3.63) is 77.5 Å². The van der Waals surface area contributed by atoms with E-state index < -0.39 is 5.92 Å². The number of anilines is 3. The van der Waals surface area contributed by atoms with Crippen LogP contribution in [0.2, 0.25) is 0 Å². The van der Waals surface area contributed by atoms with Crippen molar-refractivity contribution in [3.63, 3.8) is 0 Å². The van der Waals surface area contributed by atoms with Gasteiger partial charge in [0.1, 0.15) is 11.4 Å². The topological polar surface area (TPSA) is 52.9 Å². The molecule has 35 heavy (non-hydrogen) atoms. The number of benzene rings is 2. The van der Waals surface area contributed by atoms with E-state index in [9.17, 15) is 13.6 Å². The number of carbonyl (C=O) groups excluding carboxylic acids is 1. The first kappa shape index (κ1) is 23.1. The van der Waals surface area contributed by atoms with Crippen molar-refractivity contribution in [2.45, 2.75) is 39.3 Å². The van der Waals surface area contributed by atoms with Crippen LogP contribution in [0.4, 0.5) is 26.0 Å². The number of halogens is 2. The Morgan fingerprint density at radius 2 is 1.80 bits per heavy atom. The SMILES string of the molecule is CC(C)[C@@H]1CN2C(=N1)N(C)C(=O)c1c2cn(Cc2ccc(C(C)(F)F)cc2)c1Nc1ccccc1. The second-order valence-electron chi connectivity index (χ2n) is 9.66. The van der Waals surface area contributed by atoms with Gasteiger partial charge in [0.15, 0.2) is 0 Å². The number of nitrogens with zero attached hydrogens (tertiary/aromatic N) is 4. The lowest BCUT2D eigenvalue weighted by molar-refractivity contribution is 0.0174. The Morgan fingerprint density at radius 1 is 1.11 bits per heavy atom. The van der Waals surface area contributed by atoms with Gasteiger partial charge in [0.2, 0.25) is 5.96 Å². The minimum Gasteiger partial charge on any atom is -0.341 e. The Hall–Kier alpha value is -3.68. The zero-order valence-electron chi connectivity index (χ0n) is 20.3. The van der Waals surface area contributed by atoms with E-state index in [1.54, 1.807) is 24.1 Å². The number of para-hydroxylation sites is 1. The molecule has 0 unspecified atom stereocenters. The Balaban J connectivity index is 1.58. The Bertz CT molecular complexity index is 1280. The van der Waals surface area contributed by atoms with Gasteiger partial charge in [0.25, 0.3) is 11.8 Å². The van der Waals surface area contributed by atoms with Crippen LogP contribution in [0.1, 0.15) is 42.3 Å². The van der Waals surface area contributed by atoms with Crippen LogP contribution >= 0.6 is 0 Å². The van der Waals surface area contributed by atoms with Gasteiger partial charge in [-0.1, -0.05) is 56.3 Å². The van der Waals surface area contributed by atoms with Crippen LogP contribution < -0.4 is 10.2 Å². The third kappa shape index (κ3) is 4.17. The minimum absolute atomic E-state index is 0.0230. The average Bonchev–Trinajstić information content (AvgIpc) is 3.41. The molecular weight excluding hydrogens is 448 g/mol. The van der Waals surface area contributed by atoms with Crippen LogP contribution in [0.25, 0.3) is 0 Å². The molecule has 0 spiro atoms. The molecule has 182 valence electrons. The highest BCUT2D eigenvalue weighted by Gasteiger charge is 2.42. The molecule has 1 atom stereocenters. The summed E-state index contributed by atoms with van der Waals surface area (Å²) in [5.41, 5.74) is 3.08. The summed E-state index contributed by atoms with van der Waals surface area (Å²) in [7, 11) is 1.76. The van der Waals surface area contributed by atoms with E-state index in [-0.39, 0.29) is 17.5 Å². The summed E-state index contributed by atoms with van der Waals surface area (Å²) >= 11 is 0. The number of nitrogens with one attached hydrogen (secondary N) is 1. The fourth-order valence-corrected chi connectivity index (χ4v) is 4.59. The summed E-state index contributed by atoms with van der Waals surface area (Å²) in [6.45, 7) is 6.28. The van der Waals surface area contributed by atoms with E-state index in [4.69, 9.17) is 4.99 Å². The summed E-state index contributed by atoms with van der Waals surface area (Å²) in [5, 5.41) is 3.43. The second-order valence-corrected chi connectivity index (χ2v) is 9.66. The lowest BCUT2D eigenvalue weighted by Crippen LogP contribution is -2.47. The third-order valence-corrected chi connectivity index (χ3v) is 6.68. The smallest absolute Gasteiger partial charge is 0.270 e. The van der Waals surface area contributed by atoms with Gasteiger partial charge in [-0.2, -0.15) is 0 Å². The molecular formula is C27H29F2N5O. The number of aromatic nitrogens is 1. The number of hydrogen-bond acceptors (Lipinski definition) is 4. The predicted octanol–water partition coefficient (Wildman–Crippen LogP) is 5.68. The summed E-state index contributed by atoms with van der Waals surface area (Å²) in [5.74, 6) is -1.34. The maximum atomic E-state index is 13.7. The molecule has 8 heteroatoms. The van der Waals surface area contributed by atoms with Crippen LogP contribution in [-0.2, 0) is 12.5 Å². The van der Waals surface area contributed by atoms with E-state index in [1.807, 2.05) is 41.1 Å².